The van der Waals surface area contributed by atoms with E-state index >= 15 is 0 Å². The van der Waals surface area contributed by atoms with Crippen LogP contribution in [0.25, 0.3) is 33.4 Å². The fourth-order valence-electron chi connectivity index (χ4n) is 3.90. The highest BCUT2D eigenvalue weighted by Gasteiger charge is 2.17. The van der Waals surface area contributed by atoms with E-state index < -0.39 is 0 Å². The van der Waals surface area contributed by atoms with Crippen LogP contribution in [0.5, 0.6) is 0 Å². The van der Waals surface area contributed by atoms with Crippen molar-refractivity contribution in [2.75, 3.05) is 0 Å². The van der Waals surface area contributed by atoms with E-state index in [1.165, 1.54) is 28.6 Å². The van der Waals surface area contributed by atoms with Gasteiger partial charge in [0.2, 0.25) is 0 Å². The van der Waals surface area contributed by atoms with Gasteiger partial charge in [-0.25, -0.2) is 4.72 Å². The fourth-order valence-corrected chi connectivity index (χ4v) is 4.55. The second-order valence-corrected chi connectivity index (χ2v) is 8.85. The molecule has 0 aliphatic carbocycles. The summed E-state index contributed by atoms with van der Waals surface area (Å²) < 4.78 is 5.11. The van der Waals surface area contributed by atoms with Crippen molar-refractivity contribution >= 4 is 17.6 Å². The molecule has 33 heavy (non-hydrogen) atoms. The monoisotopic (exact) mass is 442 g/mol. The molecule has 1 radical (unpaired) electrons. The van der Waals surface area contributed by atoms with Crippen molar-refractivity contribution in [1.29, 1.82) is 0 Å². The Labute approximate surface area is 200 Å². The molecule has 0 unspecified atom stereocenters. The second-order valence-electron chi connectivity index (χ2n) is 8.01. The molecule has 0 aliphatic rings. The number of nitrogens with zero attached hydrogens (tertiary/aromatic N) is 1. The number of rotatable bonds is 6. The van der Waals surface area contributed by atoms with Crippen LogP contribution in [0, 0.1) is 6.92 Å². The summed E-state index contributed by atoms with van der Waals surface area (Å²) in [4.78, 5) is 1.13. The van der Waals surface area contributed by atoms with E-state index in [1.807, 2.05) is 0 Å². The first kappa shape index (κ1) is 21.1. The molecule has 0 spiro atoms. The number of hydrogen-bond donors (Lipinski definition) is 0. The summed E-state index contributed by atoms with van der Waals surface area (Å²) in [7, 11) is 0. The maximum atomic E-state index is 5.11. The Morgan fingerprint density at radius 3 is 1.42 bits per heavy atom. The molecule has 1 nitrogen and oxygen atoms in total. The molecular formula is C31H24NS. The first-order valence-electron chi connectivity index (χ1n) is 11.1. The van der Waals surface area contributed by atoms with Gasteiger partial charge in [-0.3, -0.25) is 0 Å². The summed E-state index contributed by atoms with van der Waals surface area (Å²) >= 11 is 1.53. The highest BCUT2D eigenvalue weighted by Crippen LogP contribution is 2.43. The van der Waals surface area contributed by atoms with E-state index in [0.717, 1.165) is 32.8 Å². The van der Waals surface area contributed by atoms with Gasteiger partial charge in [0.15, 0.2) is 0 Å². The lowest BCUT2D eigenvalue weighted by Crippen LogP contribution is -1.96. The second kappa shape index (κ2) is 9.81. The van der Waals surface area contributed by atoms with Crippen molar-refractivity contribution < 1.29 is 0 Å². The van der Waals surface area contributed by atoms with Gasteiger partial charge in [-0.2, -0.15) is 0 Å². The van der Waals surface area contributed by atoms with Gasteiger partial charge in [0.25, 0.3) is 0 Å². The van der Waals surface area contributed by atoms with Crippen molar-refractivity contribution in [3.05, 3.63) is 133 Å². The maximum Gasteiger partial charge on any atom is 0.0874 e. The number of aryl methyl sites for hydroxylation is 1. The first-order chi connectivity index (χ1) is 16.3. The molecule has 0 bridgehead atoms. The average Bonchev–Trinajstić information content (AvgIpc) is 2.89. The minimum Gasteiger partial charge on any atom is -0.210 e. The molecule has 159 valence electrons. The van der Waals surface area contributed by atoms with Crippen LogP contribution in [0.3, 0.4) is 0 Å². The van der Waals surface area contributed by atoms with Gasteiger partial charge in [0, 0.05) is 28.0 Å². The van der Waals surface area contributed by atoms with Crippen LogP contribution in [0.2, 0.25) is 0 Å². The van der Waals surface area contributed by atoms with E-state index in [1.54, 1.807) is 0 Å². The molecule has 0 saturated heterocycles. The fraction of sp³-hybridized carbons (Fsp3) is 0.0323. The van der Waals surface area contributed by atoms with E-state index in [0.29, 0.717) is 0 Å². The summed E-state index contributed by atoms with van der Waals surface area (Å²) in [6.45, 7) is 2.11. The SMILES string of the molecule is Cc1ccc(S[N]c2c(-c3ccccc3)cc(-c3ccccc3)cc2-c2ccccc2)cc1. The lowest BCUT2D eigenvalue weighted by atomic mass is 9.91. The maximum absolute atomic E-state index is 5.11. The van der Waals surface area contributed by atoms with Gasteiger partial charge in [0.1, 0.15) is 0 Å². The van der Waals surface area contributed by atoms with Gasteiger partial charge in [0.05, 0.1) is 5.69 Å². The van der Waals surface area contributed by atoms with Crippen molar-refractivity contribution in [2.45, 2.75) is 11.8 Å². The molecule has 5 rings (SSSR count). The van der Waals surface area contributed by atoms with Crippen molar-refractivity contribution in [2.24, 2.45) is 0 Å². The number of benzene rings is 5. The van der Waals surface area contributed by atoms with E-state index in [2.05, 4.69) is 134 Å². The Morgan fingerprint density at radius 2 is 0.939 bits per heavy atom. The predicted octanol–water partition coefficient (Wildman–Crippen LogP) is 8.94. The van der Waals surface area contributed by atoms with Crippen molar-refractivity contribution in [1.82, 2.24) is 4.72 Å². The van der Waals surface area contributed by atoms with Gasteiger partial charge in [-0.15, -0.1) is 0 Å². The first-order valence-corrected chi connectivity index (χ1v) is 11.8. The molecule has 0 amide bonds. The van der Waals surface area contributed by atoms with Gasteiger partial charge >= 0.3 is 0 Å². The quantitative estimate of drug-likeness (QED) is 0.239. The summed E-state index contributed by atoms with van der Waals surface area (Å²) in [5.41, 5.74) is 9.23. The predicted molar refractivity (Wildman–Crippen MR) is 142 cm³/mol. The molecule has 0 fully saturated rings. The van der Waals surface area contributed by atoms with Crippen LogP contribution in [0.15, 0.2) is 132 Å². The summed E-state index contributed by atoms with van der Waals surface area (Å²) in [6, 6.07) is 44.7. The molecule has 5 aromatic rings. The molecule has 0 saturated carbocycles. The Kier molecular flexibility index (Phi) is 6.27. The largest absolute Gasteiger partial charge is 0.210 e. The molecule has 0 heterocycles. The standard InChI is InChI=1S/C31H24NS/c1-23-17-19-28(20-18-23)33-32-31-29(25-13-7-3-8-14-25)21-27(24-11-5-2-6-12-24)22-30(31)26-15-9-4-10-16-26/h2-22H,1H3. The van der Waals surface area contributed by atoms with E-state index in [4.69, 9.17) is 4.72 Å². The minimum absolute atomic E-state index is 0.998. The topological polar surface area (TPSA) is 14.1 Å². The lowest BCUT2D eigenvalue weighted by Gasteiger charge is -2.18. The van der Waals surface area contributed by atoms with Crippen molar-refractivity contribution in [3.8, 4) is 33.4 Å². The van der Waals surface area contributed by atoms with Gasteiger partial charge < -0.3 is 0 Å². The third-order valence-corrected chi connectivity index (χ3v) is 6.41. The highest BCUT2D eigenvalue weighted by atomic mass is 32.2. The minimum atomic E-state index is 0.998. The van der Waals surface area contributed by atoms with Crippen LogP contribution >= 0.6 is 11.9 Å². The molecule has 0 aliphatic heterocycles. The number of hydrogen-bond acceptors (Lipinski definition) is 1. The van der Waals surface area contributed by atoms with Crippen LogP contribution in [0.4, 0.5) is 5.69 Å². The van der Waals surface area contributed by atoms with E-state index in [9.17, 15) is 0 Å². The molecule has 0 aromatic heterocycles. The zero-order valence-corrected chi connectivity index (χ0v) is 19.3. The van der Waals surface area contributed by atoms with Crippen LogP contribution in [-0.4, -0.2) is 0 Å². The average molecular weight is 443 g/mol. The third kappa shape index (κ3) is 4.87. The van der Waals surface area contributed by atoms with Crippen LogP contribution in [0.1, 0.15) is 5.56 Å². The molecule has 2 heteroatoms. The molecular weight excluding hydrogens is 418 g/mol. The Bertz CT molecular complexity index is 1270. The van der Waals surface area contributed by atoms with E-state index in [-0.39, 0.29) is 0 Å². The zero-order chi connectivity index (χ0) is 22.5. The van der Waals surface area contributed by atoms with Gasteiger partial charge in [-0.1, -0.05) is 109 Å². The Morgan fingerprint density at radius 1 is 0.485 bits per heavy atom. The molecule has 0 N–H and O–H groups in total. The Balaban J connectivity index is 1.69. The smallest absolute Gasteiger partial charge is 0.0874 e. The van der Waals surface area contributed by atoms with Crippen LogP contribution < -0.4 is 4.72 Å². The third-order valence-electron chi connectivity index (χ3n) is 5.65. The van der Waals surface area contributed by atoms with Crippen LogP contribution in [-0.2, 0) is 0 Å². The summed E-state index contributed by atoms with van der Waals surface area (Å²) in [5, 5.41) is 0. The van der Waals surface area contributed by atoms with Crippen molar-refractivity contribution in [3.63, 3.8) is 0 Å². The summed E-state index contributed by atoms with van der Waals surface area (Å²) in [6.07, 6.45) is 0. The molecule has 0 atom stereocenters. The Hall–Kier alpha value is -3.75. The normalized spacial score (nSPS) is 10.7. The zero-order valence-electron chi connectivity index (χ0n) is 18.5. The lowest BCUT2D eigenvalue weighted by molar-refractivity contribution is 1.32. The molecule has 5 aromatic carbocycles. The highest BCUT2D eigenvalue weighted by molar-refractivity contribution is 7.97. The van der Waals surface area contributed by atoms with Gasteiger partial charge in [-0.05, 0) is 53.4 Å². The summed E-state index contributed by atoms with van der Waals surface area (Å²) in [5.74, 6) is 0.